The number of carbonyl (C=O) groups excluding carboxylic acids is 1. The molecule has 1 aromatic carbocycles. The molecule has 0 radical (unpaired) electrons. The zero-order valence-electron chi connectivity index (χ0n) is 15.9. The number of halogens is 1. The van der Waals surface area contributed by atoms with Crippen molar-refractivity contribution in [3.8, 4) is 11.6 Å². The van der Waals surface area contributed by atoms with Crippen molar-refractivity contribution in [2.45, 2.75) is 18.9 Å². The van der Waals surface area contributed by atoms with E-state index >= 15 is 0 Å². The van der Waals surface area contributed by atoms with E-state index < -0.39 is 0 Å². The van der Waals surface area contributed by atoms with Crippen molar-refractivity contribution in [3.05, 3.63) is 66.0 Å². The highest BCUT2D eigenvalue weighted by molar-refractivity contribution is 6.29. The van der Waals surface area contributed by atoms with E-state index in [1.807, 2.05) is 18.2 Å². The van der Waals surface area contributed by atoms with E-state index in [4.69, 9.17) is 16.3 Å². The molecule has 1 fully saturated rings. The van der Waals surface area contributed by atoms with Crippen molar-refractivity contribution in [1.82, 2.24) is 34.3 Å². The first-order valence-corrected chi connectivity index (χ1v) is 9.98. The summed E-state index contributed by atoms with van der Waals surface area (Å²) in [6.07, 6.45) is 9.54. The van der Waals surface area contributed by atoms with E-state index in [1.54, 1.807) is 46.4 Å². The molecule has 0 saturated carbocycles. The quantitative estimate of drug-likeness (QED) is 0.501. The lowest BCUT2D eigenvalue weighted by Crippen LogP contribution is -2.44. The normalized spacial score (nSPS) is 16.7. The number of hydrogen-bond donors (Lipinski definition) is 0. The first-order valence-electron chi connectivity index (χ1n) is 9.60. The highest BCUT2D eigenvalue weighted by Crippen LogP contribution is 2.24. The number of imidazole rings is 1. The van der Waals surface area contributed by atoms with Gasteiger partial charge in [0.2, 0.25) is 5.65 Å². The van der Waals surface area contributed by atoms with Gasteiger partial charge in [0.1, 0.15) is 11.3 Å². The van der Waals surface area contributed by atoms with Crippen LogP contribution in [0.4, 0.5) is 0 Å². The first kappa shape index (κ1) is 18.6. The van der Waals surface area contributed by atoms with Gasteiger partial charge in [0.15, 0.2) is 0 Å². The van der Waals surface area contributed by atoms with Crippen LogP contribution in [0.3, 0.4) is 0 Å². The van der Waals surface area contributed by atoms with Crippen molar-refractivity contribution in [2.24, 2.45) is 0 Å². The summed E-state index contributed by atoms with van der Waals surface area (Å²) in [5, 5.41) is 8.80. The fourth-order valence-corrected chi connectivity index (χ4v) is 3.85. The van der Waals surface area contributed by atoms with Gasteiger partial charge in [0.25, 0.3) is 11.8 Å². The Hall–Kier alpha value is -3.46. The molecule has 1 amide bonds. The third-order valence-electron chi connectivity index (χ3n) is 5.06. The molecule has 3 aromatic heterocycles. The van der Waals surface area contributed by atoms with Crippen LogP contribution in [-0.2, 0) is 0 Å². The molecule has 30 heavy (non-hydrogen) atoms. The van der Waals surface area contributed by atoms with Gasteiger partial charge in [-0.05, 0) is 25.0 Å². The molecular formula is C20H18ClN7O2. The molecule has 5 rings (SSSR count). The second kappa shape index (κ2) is 7.75. The van der Waals surface area contributed by atoms with Crippen LogP contribution in [0.5, 0.6) is 5.88 Å². The molecular weight excluding hydrogens is 406 g/mol. The van der Waals surface area contributed by atoms with Crippen LogP contribution in [-0.4, -0.2) is 59.4 Å². The number of piperidine rings is 1. The molecule has 152 valence electrons. The third-order valence-corrected chi connectivity index (χ3v) is 5.34. The summed E-state index contributed by atoms with van der Waals surface area (Å²) in [6.45, 7) is 1.11. The topological polar surface area (TPSA) is 90.4 Å². The van der Waals surface area contributed by atoms with Gasteiger partial charge in [0.05, 0.1) is 36.4 Å². The SMILES string of the molecule is O=C(c1ccccc1-n1nccn1)N1CCCC(Oc2nccn3c(Cl)cnc23)C1. The van der Waals surface area contributed by atoms with Gasteiger partial charge in [-0.1, -0.05) is 23.7 Å². The monoisotopic (exact) mass is 423 g/mol. The van der Waals surface area contributed by atoms with Crippen molar-refractivity contribution >= 4 is 23.2 Å². The number of fused-ring (bicyclic) bond motifs is 1. The Bertz CT molecular complexity index is 1190. The highest BCUT2D eigenvalue weighted by atomic mass is 35.5. The number of amides is 1. The first-order chi connectivity index (χ1) is 14.7. The van der Waals surface area contributed by atoms with Gasteiger partial charge in [0, 0.05) is 18.9 Å². The molecule has 1 aliphatic rings. The molecule has 0 N–H and O–H groups in total. The van der Waals surface area contributed by atoms with E-state index in [-0.39, 0.29) is 12.0 Å². The second-order valence-corrected chi connectivity index (χ2v) is 7.36. The van der Waals surface area contributed by atoms with Gasteiger partial charge in [-0.15, -0.1) is 0 Å². The predicted molar refractivity (Wildman–Crippen MR) is 109 cm³/mol. The summed E-state index contributed by atoms with van der Waals surface area (Å²) >= 11 is 6.13. The average molecular weight is 424 g/mol. The number of likely N-dealkylation sites (tertiary alicyclic amines) is 1. The van der Waals surface area contributed by atoms with E-state index in [0.717, 1.165) is 12.8 Å². The highest BCUT2D eigenvalue weighted by Gasteiger charge is 2.28. The molecule has 10 heteroatoms. The lowest BCUT2D eigenvalue weighted by molar-refractivity contribution is 0.0530. The number of hydrogen-bond acceptors (Lipinski definition) is 6. The summed E-state index contributed by atoms with van der Waals surface area (Å²) < 4.78 is 7.84. The Morgan fingerprint density at radius 2 is 1.97 bits per heavy atom. The maximum Gasteiger partial charge on any atom is 0.258 e. The number of ether oxygens (including phenoxy) is 1. The second-order valence-electron chi connectivity index (χ2n) is 6.98. The number of nitrogens with zero attached hydrogens (tertiary/aromatic N) is 7. The van der Waals surface area contributed by atoms with Crippen LogP contribution in [0.1, 0.15) is 23.2 Å². The van der Waals surface area contributed by atoms with E-state index in [9.17, 15) is 4.79 Å². The Morgan fingerprint density at radius 1 is 1.13 bits per heavy atom. The van der Waals surface area contributed by atoms with Gasteiger partial charge >= 0.3 is 0 Å². The zero-order chi connectivity index (χ0) is 20.5. The van der Waals surface area contributed by atoms with Crippen LogP contribution < -0.4 is 4.74 Å². The molecule has 4 heterocycles. The molecule has 1 saturated heterocycles. The molecule has 9 nitrogen and oxygen atoms in total. The number of carbonyl (C=O) groups is 1. The molecule has 1 atom stereocenters. The maximum atomic E-state index is 13.3. The van der Waals surface area contributed by atoms with Gasteiger partial charge in [-0.2, -0.15) is 15.0 Å². The van der Waals surface area contributed by atoms with Crippen LogP contribution in [0, 0.1) is 0 Å². The summed E-state index contributed by atoms with van der Waals surface area (Å²) in [6, 6.07) is 7.32. The molecule has 0 spiro atoms. The van der Waals surface area contributed by atoms with Gasteiger partial charge < -0.3 is 9.64 Å². The van der Waals surface area contributed by atoms with Crippen molar-refractivity contribution < 1.29 is 9.53 Å². The number of benzene rings is 1. The van der Waals surface area contributed by atoms with Gasteiger partial charge in [-0.25, -0.2) is 9.97 Å². The predicted octanol–water partition coefficient (Wildman–Crippen LogP) is 2.65. The lowest BCUT2D eigenvalue weighted by Gasteiger charge is -2.33. The van der Waals surface area contributed by atoms with E-state index in [1.165, 1.54) is 4.80 Å². The summed E-state index contributed by atoms with van der Waals surface area (Å²) in [4.78, 5) is 25.1. The Morgan fingerprint density at radius 3 is 2.83 bits per heavy atom. The Kier molecular flexibility index (Phi) is 4.80. The minimum atomic E-state index is -0.188. The minimum Gasteiger partial charge on any atom is -0.470 e. The van der Waals surface area contributed by atoms with Gasteiger partial charge in [-0.3, -0.25) is 9.20 Å². The smallest absolute Gasteiger partial charge is 0.258 e. The molecule has 1 aliphatic heterocycles. The number of rotatable bonds is 4. The fraction of sp³-hybridized carbons (Fsp3) is 0.250. The fourth-order valence-electron chi connectivity index (χ4n) is 3.66. The van der Waals surface area contributed by atoms with Crippen LogP contribution in [0.25, 0.3) is 11.3 Å². The molecule has 4 aromatic rings. The maximum absolute atomic E-state index is 13.3. The zero-order valence-corrected chi connectivity index (χ0v) is 16.7. The van der Waals surface area contributed by atoms with Crippen molar-refractivity contribution in [2.75, 3.05) is 13.1 Å². The minimum absolute atomic E-state index is 0.0776. The van der Waals surface area contributed by atoms with E-state index in [0.29, 0.717) is 41.0 Å². The third kappa shape index (κ3) is 3.37. The van der Waals surface area contributed by atoms with Crippen molar-refractivity contribution in [1.29, 1.82) is 0 Å². The Balaban J connectivity index is 1.37. The van der Waals surface area contributed by atoms with Crippen LogP contribution in [0.15, 0.2) is 55.2 Å². The van der Waals surface area contributed by atoms with Crippen LogP contribution >= 0.6 is 11.6 Å². The molecule has 0 bridgehead atoms. The lowest BCUT2D eigenvalue weighted by atomic mass is 10.1. The number of para-hydroxylation sites is 1. The summed E-state index contributed by atoms with van der Waals surface area (Å²) in [5.74, 6) is 0.330. The average Bonchev–Trinajstić information content (AvgIpc) is 3.45. The largest absolute Gasteiger partial charge is 0.470 e. The molecule has 0 aliphatic carbocycles. The summed E-state index contributed by atoms with van der Waals surface area (Å²) in [7, 11) is 0. The summed E-state index contributed by atoms with van der Waals surface area (Å²) in [5.41, 5.74) is 1.75. The Labute approximate surface area is 176 Å². The number of aromatic nitrogens is 6. The van der Waals surface area contributed by atoms with Crippen molar-refractivity contribution in [3.63, 3.8) is 0 Å². The van der Waals surface area contributed by atoms with Crippen LogP contribution in [0.2, 0.25) is 5.15 Å². The standard InChI is InChI=1S/C20H18ClN7O2/c21-17-12-23-18-19(22-9-11-27(17)18)30-14-4-3-10-26(13-14)20(29)15-5-1-2-6-16(15)28-24-7-8-25-28/h1-2,5-9,11-12,14H,3-4,10,13H2. The van der Waals surface area contributed by atoms with E-state index in [2.05, 4.69) is 20.2 Å². The molecule has 1 unspecified atom stereocenters.